The number of nitrogens with zero attached hydrogens (tertiary/aromatic N) is 3. The van der Waals surface area contributed by atoms with E-state index in [-0.39, 0.29) is 0 Å². The predicted molar refractivity (Wildman–Crippen MR) is 34.9 cm³/mol. The molecule has 0 spiro atoms. The zero-order valence-corrected chi connectivity index (χ0v) is 5.98. The van der Waals surface area contributed by atoms with Crippen LogP contribution in [0.3, 0.4) is 0 Å². The maximum absolute atomic E-state index is 5.47. The molecule has 0 bridgehead atoms. The summed E-state index contributed by atoms with van der Waals surface area (Å²) in [6, 6.07) is 0. The average Bonchev–Trinajstić information content (AvgIpc) is 2.34. The van der Waals surface area contributed by atoms with Gasteiger partial charge >= 0.3 is 0 Å². The monoisotopic (exact) mass is 142 g/mol. The lowest BCUT2D eigenvalue weighted by Crippen LogP contribution is -2.12. The van der Waals surface area contributed by atoms with Gasteiger partial charge < -0.3 is 10.5 Å². The van der Waals surface area contributed by atoms with Crippen LogP contribution in [-0.4, -0.2) is 22.1 Å². The number of rotatable bonds is 2. The molecule has 0 aliphatic heterocycles. The molecule has 0 amide bonds. The molecule has 56 valence electrons. The Morgan fingerprint density at radius 3 is 2.90 bits per heavy atom. The summed E-state index contributed by atoms with van der Waals surface area (Å²) in [4.78, 5) is 0. The number of aromatic nitrogens is 3. The smallest absolute Gasteiger partial charge is 0.151 e. The summed E-state index contributed by atoms with van der Waals surface area (Å²) in [7, 11) is 3.30. The van der Waals surface area contributed by atoms with Gasteiger partial charge in [-0.2, -0.15) is 0 Å². The molecule has 0 saturated heterocycles. The van der Waals surface area contributed by atoms with Crippen LogP contribution in [0, 0.1) is 0 Å². The molecule has 1 aromatic heterocycles. The van der Waals surface area contributed by atoms with Crippen molar-refractivity contribution in [2.24, 2.45) is 12.8 Å². The van der Waals surface area contributed by atoms with E-state index in [1.165, 1.54) is 7.11 Å². The van der Waals surface area contributed by atoms with Gasteiger partial charge in [0, 0.05) is 14.2 Å². The van der Waals surface area contributed by atoms with Crippen molar-refractivity contribution in [1.29, 1.82) is 0 Å². The van der Waals surface area contributed by atoms with E-state index in [1.54, 1.807) is 17.9 Å². The molecule has 5 heteroatoms. The van der Waals surface area contributed by atoms with Gasteiger partial charge in [0.2, 0.25) is 0 Å². The Morgan fingerprint density at radius 1 is 1.80 bits per heavy atom. The minimum absolute atomic E-state index is 0.464. The molecule has 0 radical (unpaired) electrons. The van der Waals surface area contributed by atoms with E-state index >= 15 is 0 Å². The van der Waals surface area contributed by atoms with Gasteiger partial charge in [0.25, 0.3) is 0 Å². The van der Waals surface area contributed by atoms with Crippen molar-refractivity contribution in [3.05, 3.63) is 11.9 Å². The molecule has 1 heterocycles. The average molecular weight is 142 g/mol. The molecule has 10 heavy (non-hydrogen) atoms. The molecule has 0 fully saturated rings. The fourth-order valence-corrected chi connectivity index (χ4v) is 0.616. The maximum atomic E-state index is 5.47. The normalized spacial score (nSPS) is 13.5. The summed E-state index contributed by atoms with van der Waals surface area (Å²) in [5, 5.41) is 7.44. The molecular formula is C5H10N4O. The summed E-state index contributed by atoms with van der Waals surface area (Å²) >= 11 is 0. The number of ether oxygens (including phenoxy) is 1. The number of methoxy groups -OCH3 is 1. The van der Waals surface area contributed by atoms with Crippen LogP contribution in [0.25, 0.3) is 0 Å². The molecular weight excluding hydrogens is 132 g/mol. The van der Waals surface area contributed by atoms with Crippen LogP contribution in [-0.2, 0) is 11.8 Å². The first-order valence-electron chi connectivity index (χ1n) is 2.88. The molecule has 0 aromatic carbocycles. The number of aryl methyl sites for hydroxylation is 1. The highest BCUT2D eigenvalue weighted by Crippen LogP contribution is 2.03. The highest BCUT2D eigenvalue weighted by molar-refractivity contribution is 4.94. The van der Waals surface area contributed by atoms with Crippen LogP contribution in [0.15, 0.2) is 6.20 Å². The molecule has 1 aromatic rings. The van der Waals surface area contributed by atoms with Crippen molar-refractivity contribution < 1.29 is 4.74 Å². The summed E-state index contributed by atoms with van der Waals surface area (Å²) < 4.78 is 6.39. The van der Waals surface area contributed by atoms with Gasteiger partial charge in [-0.3, -0.25) is 4.68 Å². The quantitative estimate of drug-likeness (QED) is 0.561. The van der Waals surface area contributed by atoms with Crippen LogP contribution in [0.2, 0.25) is 0 Å². The SMILES string of the molecule is COC(N)c1cn(C)nn1. The second kappa shape index (κ2) is 2.76. The Balaban J connectivity index is 2.74. The standard InChI is InChI=1S/C5H10N4O/c1-9-3-4(7-8-9)5(6)10-2/h3,5H,6H2,1-2H3. The number of hydrogen-bond acceptors (Lipinski definition) is 4. The minimum Gasteiger partial charge on any atom is -0.361 e. The second-order valence-electron chi connectivity index (χ2n) is 1.97. The topological polar surface area (TPSA) is 66.0 Å². The van der Waals surface area contributed by atoms with Gasteiger partial charge in [-0.05, 0) is 0 Å². The number of nitrogens with two attached hydrogens (primary N) is 1. The van der Waals surface area contributed by atoms with Crippen molar-refractivity contribution in [3.8, 4) is 0 Å². The van der Waals surface area contributed by atoms with Crippen molar-refractivity contribution >= 4 is 0 Å². The van der Waals surface area contributed by atoms with Crippen molar-refractivity contribution in [2.75, 3.05) is 7.11 Å². The van der Waals surface area contributed by atoms with E-state index in [1.807, 2.05) is 0 Å². The summed E-state index contributed by atoms with van der Waals surface area (Å²) in [5.74, 6) is 0. The maximum Gasteiger partial charge on any atom is 0.151 e. The van der Waals surface area contributed by atoms with Gasteiger partial charge in [0.15, 0.2) is 6.23 Å². The Kier molecular flexibility index (Phi) is 1.98. The predicted octanol–water partition coefficient (Wildman–Crippen LogP) is -0.581. The Hall–Kier alpha value is -0.940. The molecule has 0 saturated carbocycles. The van der Waals surface area contributed by atoms with E-state index in [9.17, 15) is 0 Å². The molecule has 1 atom stereocenters. The van der Waals surface area contributed by atoms with Gasteiger partial charge in [-0.15, -0.1) is 5.10 Å². The zero-order chi connectivity index (χ0) is 7.56. The van der Waals surface area contributed by atoms with Gasteiger partial charge in [0.1, 0.15) is 5.69 Å². The second-order valence-corrected chi connectivity index (χ2v) is 1.97. The Morgan fingerprint density at radius 2 is 2.50 bits per heavy atom. The van der Waals surface area contributed by atoms with E-state index in [0.717, 1.165) is 0 Å². The lowest BCUT2D eigenvalue weighted by Gasteiger charge is -2.02. The Labute approximate surface area is 58.8 Å². The highest BCUT2D eigenvalue weighted by atomic mass is 16.5. The fourth-order valence-electron chi connectivity index (χ4n) is 0.616. The molecule has 1 unspecified atom stereocenters. The summed E-state index contributed by atoms with van der Waals surface area (Å²) in [5.41, 5.74) is 6.11. The van der Waals surface area contributed by atoms with E-state index in [4.69, 9.17) is 10.5 Å². The molecule has 5 nitrogen and oxygen atoms in total. The van der Waals surface area contributed by atoms with Crippen molar-refractivity contribution in [1.82, 2.24) is 15.0 Å². The van der Waals surface area contributed by atoms with Gasteiger partial charge in [0.05, 0.1) is 6.20 Å². The largest absolute Gasteiger partial charge is 0.361 e. The minimum atomic E-state index is -0.464. The third-order valence-electron chi connectivity index (χ3n) is 1.17. The number of hydrogen-bond donors (Lipinski definition) is 1. The van der Waals surface area contributed by atoms with Gasteiger partial charge in [-0.25, -0.2) is 0 Å². The van der Waals surface area contributed by atoms with Crippen molar-refractivity contribution in [3.63, 3.8) is 0 Å². The molecule has 0 aliphatic rings. The fraction of sp³-hybridized carbons (Fsp3) is 0.600. The lowest BCUT2D eigenvalue weighted by molar-refractivity contribution is 0.105. The highest BCUT2D eigenvalue weighted by Gasteiger charge is 2.06. The molecule has 1 rings (SSSR count). The van der Waals surface area contributed by atoms with Crippen LogP contribution in [0.1, 0.15) is 11.9 Å². The van der Waals surface area contributed by atoms with Crippen LogP contribution < -0.4 is 5.73 Å². The molecule has 0 aliphatic carbocycles. The van der Waals surface area contributed by atoms with Crippen LogP contribution in [0.4, 0.5) is 0 Å². The lowest BCUT2D eigenvalue weighted by atomic mass is 10.4. The van der Waals surface area contributed by atoms with E-state index < -0.39 is 6.23 Å². The van der Waals surface area contributed by atoms with E-state index in [0.29, 0.717) is 5.69 Å². The zero-order valence-electron chi connectivity index (χ0n) is 5.98. The third-order valence-corrected chi connectivity index (χ3v) is 1.17. The summed E-state index contributed by atoms with van der Waals surface area (Å²) in [6.07, 6.45) is 1.25. The first-order valence-corrected chi connectivity index (χ1v) is 2.88. The third kappa shape index (κ3) is 1.31. The van der Waals surface area contributed by atoms with Crippen LogP contribution in [0.5, 0.6) is 0 Å². The van der Waals surface area contributed by atoms with Crippen molar-refractivity contribution in [2.45, 2.75) is 6.23 Å². The van der Waals surface area contributed by atoms with Crippen LogP contribution >= 0.6 is 0 Å². The first kappa shape index (κ1) is 7.17. The van der Waals surface area contributed by atoms with Gasteiger partial charge in [-0.1, -0.05) is 5.21 Å². The summed E-state index contributed by atoms with van der Waals surface area (Å²) in [6.45, 7) is 0. The first-order chi connectivity index (χ1) is 4.74. The Bertz CT molecular complexity index is 209. The molecule has 2 N–H and O–H groups in total. The van der Waals surface area contributed by atoms with E-state index in [2.05, 4.69) is 10.3 Å².